The molecular weight excluding hydrogens is 420 g/mol. The fourth-order valence-electron chi connectivity index (χ4n) is 3.14. The number of amides is 1. The molecule has 0 spiro atoms. The molecule has 1 amide bonds. The van der Waals surface area contributed by atoms with Crippen molar-refractivity contribution in [1.82, 2.24) is 0 Å². The van der Waals surface area contributed by atoms with Gasteiger partial charge in [0.25, 0.3) is 5.91 Å². The molecule has 5 heteroatoms. The van der Waals surface area contributed by atoms with Gasteiger partial charge in [-0.1, -0.05) is 35.9 Å². The van der Waals surface area contributed by atoms with Crippen LogP contribution in [0.15, 0.2) is 60.2 Å². The number of nitrogens with one attached hydrogen (secondary N) is 1. The molecule has 0 saturated carbocycles. The highest BCUT2D eigenvalue weighted by Gasteiger charge is 2.13. The van der Waals surface area contributed by atoms with E-state index in [0.717, 1.165) is 16.7 Å². The highest BCUT2D eigenvalue weighted by molar-refractivity contribution is 6.30. The Morgan fingerprint density at radius 3 is 2.31 bits per heavy atom. The van der Waals surface area contributed by atoms with Gasteiger partial charge in [-0.2, -0.15) is 5.26 Å². The molecule has 4 nitrogen and oxygen atoms in total. The van der Waals surface area contributed by atoms with E-state index < -0.39 is 5.91 Å². The minimum Gasteiger partial charge on any atom is -0.488 e. The molecule has 1 N–H and O–H groups in total. The Morgan fingerprint density at radius 2 is 1.66 bits per heavy atom. The maximum atomic E-state index is 12.7. The molecule has 0 bridgehead atoms. The first-order valence-electron chi connectivity index (χ1n) is 10.3. The Hall–Kier alpha value is -3.55. The van der Waals surface area contributed by atoms with Crippen molar-refractivity contribution in [2.75, 3.05) is 5.32 Å². The van der Waals surface area contributed by atoms with Crippen molar-refractivity contribution < 1.29 is 9.53 Å². The molecular formula is C27H25ClN2O2. The summed E-state index contributed by atoms with van der Waals surface area (Å²) in [6.07, 6.45) is 1.50. The monoisotopic (exact) mass is 444 g/mol. The van der Waals surface area contributed by atoms with Gasteiger partial charge >= 0.3 is 0 Å². The number of nitriles is 1. The molecule has 0 saturated heterocycles. The van der Waals surface area contributed by atoms with Crippen LogP contribution >= 0.6 is 11.6 Å². The molecule has 0 aromatic heterocycles. The topological polar surface area (TPSA) is 62.1 Å². The molecule has 0 aliphatic rings. The lowest BCUT2D eigenvalue weighted by molar-refractivity contribution is -0.112. The fraction of sp³-hybridized carbons (Fsp3) is 0.185. The molecule has 0 fully saturated rings. The number of hydrogen-bond acceptors (Lipinski definition) is 3. The standard InChI is InChI=1S/C27H25ClN2O2/c1-17-5-7-21(11-19(17)3)16-32-26-10-8-24(28)14-22(26)13-23(15-29)27(31)30-25-9-6-18(2)20(4)12-25/h5-14H,16H2,1-4H3,(H,30,31)/b23-13+. The van der Waals surface area contributed by atoms with Crippen LogP contribution in [-0.4, -0.2) is 5.91 Å². The summed E-state index contributed by atoms with van der Waals surface area (Å²) in [6, 6.07) is 18.9. The van der Waals surface area contributed by atoms with Gasteiger partial charge in [0.2, 0.25) is 0 Å². The quantitative estimate of drug-likeness (QED) is 0.340. The van der Waals surface area contributed by atoms with Gasteiger partial charge < -0.3 is 10.1 Å². The zero-order valence-corrected chi connectivity index (χ0v) is 19.4. The average Bonchev–Trinajstić information content (AvgIpc) is 2.76. The van der Waals surface area contributed by atoms with E-state index in [1.807, 2.05) is 44.2 Å². The van der Waals surface area contributed by atoms with E-state index in [-0.39, 0.29) is 5.57 Å². The summed E-state index contributed by atoms with van der Waals surface area (Å²) >= 11 is 6.17. The van der Waals surface area contributed by atoms with Crippen LogP contribution in [0, 0.1) is 39.0 Å². The summed E-state index contributed by atoms with van der Waals surface area (Å²) in [4.78, 5) is 12.7. The van der Waals surface area contributed by atoms with Crippen LogP contribution in [0.25, 0.3) is 6.08 Å². The van der Waals surface area contributed by atoms with E-state index in [2.05, 4.69) is 31.3 Å². The van der Waals surface area contributed by atoms with E-state index in [4.69, 9.17) is 16.3 Å². The van der Waals surface area contributed by atoms with Crippen LogP contribution < -0.4 is 10.1 Å². The SMILES string of the molecule is Cc1ccc(COc2ccc(Cl)cc2/C=C(\C#N)C(=O)Nc2ccc(C)c(C)c2)cc1C. The fourth-order valence-corrected chi connectivity index (χ4v) is 3.32. The number of carbonyl (C=O) groups is 1. The Balaban J connectivity index is 1.83. The predicted molar refractivity (Wildman–Crippen MR) is 130 cm³/mol. The van der Waals surface area contributed by atoms with Crippen molar-refractivity contribution >= 4 is 29.3 Å². The zero-order valence-electron chi connectivity index (χ0n) is 18.6. The van der Waals surface area contributed by atoms with Crippen molar-refractivity contribution in [3.8, 4) is 11.8 Å². The summed E-state index contributed by atoms with van der Waals surface area (Å²) in [6.45, 7) is 8.45. The number of aryl methyl sites for hydroxylation is 4. The number of hydrogen-bond donors (Lipinski definition) is 1. The second-order valence-corrected chi connectivity index (χ2v) is 8.25. The molecule has 0 heterocycles. The first kappa shape index (κ1) is 23.1. The van der Waals surface area contributed by atoms with Crippen LogP contribution in [0.4, 0.5) is 5.69 Å². The van der Waals surface area contributed by atoms with Crippen LogP contribution in [0.1, 0.15) is 33.4 Å². The molecule has 162 valence electrons. The Bertz CT molecular complexity index is 1240. The molecule has 0 aliphatic heterocycles. The lowest BCUT2D eigenvalue weighted by Crippen LogP contribution is -2.13. The lowest BCUT2D eigenvalue weighted by atomic mass is 10.1. The third kappa shape index (κ3) is 5.78. The van der Waals surface area contributed by atoms with Gasteiger partial charge in [-0.25, -0.2) is 0 Å². The molecule has 0 aliphatic carbocycles. The van der Waals surface area contributed by atoms with Crippen molar-refractivity contribution in [3.63, 3.8) is 0 Å². The van der Waals surface area contributed by atoms with Crippen LogP contribution in [0.2, 0.25) is 5.02 Å². The van der Waals surface area contributed by atoms with Gasteiger partial charge in [-0.15, -0.1) is 0 Å². The lowest BCUT2D eigenvalue weighted by Gasteiger charge is -2.12. The second kappa shape index (κ2) is 10.2. The van der Waals surface area contributed by atoms with Gasteiger partial charge in [0.1, 0.15) is 24.0 Å². The molecule has 3 aromatic carbocycles. The van der Waals surface area contributed by atoms with Gasteiger partial charge in [0.05, 0.1) is 0 Å². The first-order valence-corrected chi connectivity index (χ1v) is 10.6. The highest BCUT2D eigenvalue weighted by Crippen LogP contribution is 2.27. The maximum absolute atomic E-state index is 12.7. The van der Waals surface area contributed by atoms with E-state index in [9.17, 15) is 10.1 Å². The Labute approximate surface area is 194 Å². The van der Waals surface area contributed by atoms with Gasteiger partial charge in [0.15, 0.2) is 0 Å². The van der Waals surface area contributed by atoms with E-state index in [0.29, 0.717) is 28.6 Å². The number of anilines is 1. The van der Waals surface area contributed by atoms with Crippen LogP contribution in [0.3, 0.4) is 0 Å². The zero-order chi connectivity index (χ0) is 23.3. The van der Waals surface area contributed by atoms with Gasteiger partial charge in [0, 0.05) is 16.3 Å². The smallest absolute Gasteiger partial charge is 0.266 e. The van der Waals surface area contributed by atoms with Gasteiger partial charge in [-0.3, -0.25) is 4.79 Å². The average molecular weight is 445 g/mol. The third-order valence-corrected chi connectivity index (χ3v) is 5.60. The number of benzene rings is 3. The first-order chi connectivity index (χ1) is 15.3. The Morgan fingerprint density at radius 1 is 0.969 bits per heavy atom. The van der Waals surface area contributed by atoms with Crippen molar-refractivity contribution in [3.05, 3.63) is 98.6 Å². The number of halogens is 1. The molecule has 0 unspecified atom stereocenters. The predicted octanol–water partition coefficient (Wildman–Crippen LogP) is 6.70. The molecule has 0 atom stereocenters. The van der Waals surface area contributed by atoms with Gasteiger partial charge in [-0.05, 0) is 91.9 Å². The minimum atomic E-state index is -0.490. The summed E-state index contributed by atoms with van der Waals surface area (Å²) in [5, 5.41) is 12.9. The summed E-state index contributed by atoms with van der Waals surface area (Å²) in [7, 11) is 0. The molecule has 3 rings (SSSR count). The van der Waals surface area contributed by atoms with E-state index in [1.54, 1.807) is 18.2 Å². The van der Waals surface area contributed by atoms with Crippen molar-refractivity contribution in [1.29, 1.82) is 5.26 Å². The number of nitrogens with zero attached hydrogens (tertiary/aromatic N) is 1. The number of carbonyl (C=O) groups excluding carboxylic acids is 1. The second-order valence-electron chi connectivity index (χ2n) is 7.81. The maximum Gasteiger partial charge on any atom is 0.266 e. The highest BCUT2D eigenvalue weighted by atomic mass is 35.5. The molecule has 3 aromatic rings. The summed E-state index contributed by atoms with van der Waals surface area (Å²) in [5.41, 5.74) is 6.79. The van der Waals surface area contributed by atoms with Crippen molar-refractivity contribution in [2.45, 2.75) is 34.3 Å². The van der Waals surface area contributed by atoms with Crippen LogP contribution in [0.5, 0.6) is 5.75 Å². The number of rotatable bonds is 6. The number of ether oxygens (including phenoxy) is 1. The minimum absolute atomic E-state index is 0.0403. The van der Waals surface area contributed by atoms with E-state index >= 15 is 0 Å². The summed E-state index contributed by atoms with van der Waals surface area (Å²) < 4.78 is 6.00. The third-order valence-electron chi connectivity index (χ3n) is 5.37. The van der Waals surface area contributed by atoms with Crippen LogP contribution in [-0.2, 0) is 11.4 Å². The summed E-state index contributed by atoms with van der Waals surface area (Å²) in [5.74, 6) is 0.0511. The normalized spacial score (nSPS) is 11.1. The Kier molecular flexibility index (Phi) is 7.35. The van der Waals surface area contributed by atoms with Crippen molar-refractivity contribution in [2.24, 2.45) is 0 Å². The molecule has 32 heavy (non-hydrogen) atoms. The van der Waals surface area contributed by atoms with E-state index in [1.165, 1.54) is 17.2 Å². The largest absolute Gasteiger partial charge is 0.488 e. The molecule has 0 radical (unpaired) electrons.